The van der Waals surface area contributed by atoms with Gasteiger partial charge in [0, 0.05) is 38.7 Å². The summed E-state index contributed by atoms with van der Waals surface area (Å²) in [5.41, 5.74) is 0.983. The molecule has 0 spiro atoms. The monoisotopic (exact) mass is 484 g/mol. The smallest absolute Gasteiger partial charge is 0.248 e. The first-order chi connectivity index (χ1) is 16.5. The van der Waals surface area contributed by atoms with Gasteiger partial charge in [-0.3, -0.25) is 4.79 Å². The van der Waals surface area contributed by atoms with Gasteiger partial charge in [-0.05, 0) is 28.1 Å². The van der Waals surface area contributed by atoms with Crippen molar-refractivity contribution in [2.45, 2.75) is 17.4 Å². The third-order valence-corrected chi connectivity index (χ3v) is 7.84. The first kappa shape index (κ1) is 22.3. The highest BCUT2D eigenvalue weighted by molar-refractivity contribution is 7.89. The molecular weight excluding hydrogens is 460 g/mol. The van der Waals surface area contributed by atoms with Crippen LogP contribution in [0.2, 0.25) is 0 Å². The standard InChI is InChI=1S/C22H24N6O5S/c29-22(19(28-16-23-24-25-28)14-17-4-2-1-3-5-17)26-8-10-27(11-9-26)34(30,31)18-6-7-20-21(15-18)33-13-12-32-20/h1-7,15-16,19H,8-14H2. The van der Waals surface area contributed by atoms with Crippen molar-refractivity contribution in [2.75, 3.05) is 39.4 Å². The van der Waals surface area contributed by atoms with Crippen molar-refractivity contribution in [3.05, 3.63) is 60.4 Å². The number of benzene rings is 2. The normalized spacial score (nSPS) is 17.4. The highest BCUT2D eigenvalue weighted by Gasteiger charge is 2.34. The molecule has 1 unspecified atom stereocenters. The zero-order valence-electron chi connectivity index (χ0n) is 18.4. The molecule has 12 heteroatoms. The number of nitrogens with zero attached hydrogens (tertiary/aromatic N) is 6. The molecule has 0 radical (unpaired) electrons. The fourth-order valence-electron chi connectivity index (χ4n) is 4.14. The van der Waals surface area contributed by atoms with E-state index in [2.05, 4.69) is 15.5 Å². The Hall–Kier alpha value is -3.51. The molecule has 1 aromatic heterocycles. The van der Waals surface area contributed by atoms with Gasteiger partial charge in [0.2, 0.25) is 15.9 Å². The van der Waals surface area contributed by atoms with Gasteiger partial charge in [0.1, 0.15) is 25.6 Å². The average molecular weight is 485 g/mol. The summed E-state index contributed by atoms with van der Waals surface area (Å²) >= 11 is 0. The predicted octanol–water partition coefficient (Wildman–Crippen LogP) is 0.761. The van der Waals surface area contributed by atoms with Crippen LogP contribution in [0.25, 0.3) is 0 Å². The second-order valence-electron chi connectivity index (χ2n) is 8.03. The van der Waals surface area contributed by atoms with Crippen molar-refractivity contribution < 1.29 is 22.7 Å². The number of amides is 1. The number of piperazine rings is 1. The molecule has 2 aliphatic rings. The first-order valence-corrected chi connectivity index (χ1v) is 12.4. The minimum absolute atomic E-state index is 0.146. The Balaban J connectivity index is 1.28. The number of carbonyl (C=O) groups excluding carboxylic acids is 1. The lowest BCUT2D eigenvalue weighted by Crippen LogP contribution is -2.52. The summed E-state index contributed by atoms with van der Waals surface area (Å²) in [6.07, 6.45) is 1.86. The van der Waals surface area contributed by atoms with Crippen LogP contribution in [0.3, 0.4) is 0 Å². The number of hydrogen-bond donors (Lipinski definition) is 0. The zero-order valence-corrected chi connectivity index (χ0v) is 19.2. The molecule has 11 nitrogen and oxygen atoms in total. The Morgan fingerprint density at radius 1 is 0.971 bits per heavy atom. The van der Waals surface area contributed by atoms with Crippen LogP contribution >= 0.6 is 0 Å². The second-order valence-corrected chi connectivity index (χ2v) is 9.97. The van der Waals surface area contributed by atoms with Crippen LogP contribution in [0.1, 0.15) is 11.6 Å². The molecule has 3 aromatic rings. The average Bonchev–Trinajstić information content (AvgIpc) is 3.42. The number of sulfonamides is 1. The van der Waals surface area contributed by atoms with Crippen molar-refractivity contribution >= 4 is 15.9 Å². The highest BCUT2D eigenvalue weighted by Crippen LogP contribution is 2.33. The zero-order chi connectivity index (χ0) is 23.5. The number of fused-ring (bicyclic) bond motifs is 1. The van der Waals surface area contributed by atoms with Crippen molar-refractivity contribution in [1.82, 2.24) is 29.4 Å². The Bertz CT molecular complexity index is 1240. The highest BCUT2D eigenvalue weighted by atomic mass is 32.2. The van der Waals surface area contributed by atoms with E-state index in [0.29, 0.717) is 31.1 Å². The molecule has 1 amide bonds. The van der Waals surface area contributed by atoms with E-state index in [1.807, 2.05) is 30.3 Å². The van der Waals surface area contributed by atoms with E-state index in [0.717, 1.165) is 5.56 Å². The van der Waals surface area contributed by atoms with Crippen molar-refractivity contribution in [3.8, 4) is 11.5 Å². The Labute approximate surface area is 196 Å². The lowest BCUT2D eigenvalue weighted by Gasteiger charge is -2.35. The molecule has 0 N–H and O–H groups in total. The van der Waals surface area contributed by atoms with Gasteiger partial charge in [-0.25, -0.2) is 13.1 Å². The Morgan fingerprint density at radius 3 is 2.41 bits per heavy atom. The van der Waals surface area contributed by atoms with Crippen LogP contribution in [-0.2, 0) is 21.2 Å². The molecule has 3 heterocycles. The molecule has 1 fully saturated rings. The van der Waals surface area contributed by atoms with E-state index in [9.17, 15) is 13.2 Å². The summed E-state index contributed by atoms with van der Waals surface area (Å²) < 4.78 is 40.3. The molecular formula is C22H24N6O5S. The van der Waals surface area contributed by atoms with E-state index < -0.39 is 16.1 Å². The molecule has 0 saturated carbocycles. The lowest BCUT2D eigenvalue weighted by atomic mass is 10.0. The summed E-state index contributed by atoms with van der Waals surface area (Å²) in [6, 6.07) is 13.7. The number of rotatable bonds is 6. The SMILES string of the molecule is O=C(C(Cc1ccccc1)n1cnnn1)N1CCN(S(=O)(=O)c2ccc3c(c2)OCCO3)CC1. The number of aromatic nitrogens is 4. The van der Waals surface area contributed by atoms with Crippen LogP contribution in [-0.4, -0.2) is 83.1 Å². The van der Waals surface area contributed by atoms with E-state index >= 15 is 0 Å². The van der Waals surface area contributed by atoms with E-state index in [-0.39, 0.29) is 37.0 Å². The van der Waals surface area contributed by atoms with Gasteiger partial charge >= 0.3 is 0 Å². The third-order valence-electron chi connectivity index (χ3n) is 5.94. The molecule has 2 aromatic carbocycles. The van der Waals surface area contributed by atoms with Gasteiger partial charge in [0.25, 0.3) is 0 Å². The van der Waals surface area contributed by atoms with E-state index in [1.165, 1.54) is 27.4 Å². The molecule has 1 saturated heterocycles. The number of tetrazole rings is 1. The second kappa shape index (κ2) is 9.39. The summed E-state index contributed by atoms with van der Waals surface area (Å²) in [5.74, 6) is 0.812. The molecule has 0 aliphatic carbocycles. The van der Waals surface area contributed by atoms with Gasteiger partial charge < -0.3 is 14.4 Å². The molecule has 2 aliphatic heterocycles. The van der Waals surface area contributed by atoms with Gasteiger partial charge in [0.05, 0.1) is 4.90 Å². The molecule has 34 heavy (non-hydrogen) atoms. The maximum atomic E-state index is 13.4. The predicted molar refractivity (Wildman–Crippen MR) is 120 cm³/mol. The van der Waals surface area contributed by atoms with Crippen molar-refractivity contribution in [2.24, 2.45) is 0 Å². The van der Waals surface area contributed by atoms with E-state index in [4.69, 9.17) is 9.47 Å². The topological polar surface area (TPSA) is 120 Å². The molecule has 178 valence electrons. The van der Waals surface area contributed by atoms with Crippen molar-refractivity contribution in [3.63, 3.8) is 0 Å². The van der Waals surface area contributed by atoms with Crippen molar-refractivity contribution in [1.29, 1.82) is 0 Å². The number of carbonyl (C=O) groups is 1. The Morgan fingerprint density at radius 2 is 1.71 bits per heavy atom. The van der Waals surface area contributed by atoms with Crippen LogP contribution in [0.4, 0.5) is 0 Å². The van der Waals surface area contributed by atoms with Gasteiger partial charge in [-0.2, -0.15) is 4.31 Å². The minimum Gasteiger partial charge on any atom is -0.486 e. The molecule has 1 atom stereocenters. The number of hydrogen-bond acceptors (Lipinski definition) is 8. The molecule has 0 bridgehead atoms. The maximum Gasteiger partial charge on any atom is 0.248 e. The lowest BCUT2D eigenvalue weighted by molar-refractivity contribution is -0.136. The fourth-order valence-corrected chi connectivity index (χ4v) is 5.57. The summed E-state index contributed by atoms with van der Waals surface area (Å²) in [4.78, 5) is 15.2. The first-order valence-electron chi connectivity index (χ1n) is 11.0. The quantitative estimate of drug-likeness (QED) is 0.503. The summed E-state index contributed by atoms with van der Waals surface area (Å²) in [7, 11) is -3.73. The van der Waals surface area contributed by atoms with Crippen LogP contribution in [0.15, 0.2) is 59.8 Å². The maximum absolute atomic E-state index is 13.4. The minimum atomic E-state index is -3.73. The van der Waals surface area contributed by atoms with Gasteiger partial charge in [-0.15, -0.1) is 5.10 Å². The Kier molecular flexibility index (Phi) is 6.16. The van der Waals surface area contributed by atoms with Crippen LogP contribution in [0.5, 0.6) is 11.5 Å². The van der Waals surface area contributed by atoms with Crippen LogP contribution < -0.4 is 9.47 Å². The molecule has 5 rings (SSSR count). The summed E-state index contributed by atoms with van der Waals surface area (Å²) in [5, 5.41) is 11.3. The third kappa shape index (κ3) is 4.46. The largest absolute Gasteiger partial charge is 0.486 e. The van der Waals surface area contributed by atoms with Gasteiger partial charge in [-0.1, -0.05) is 30.3 Å². The van der Waals surface area contributed by atoms with Gasteiger partial charge in [0.15, 0.2) is 11.5 Å². The number of ether oxygens (including phenoxy) is 2. The van der Waals surface area contributed by atoms with Crippen LogP contribution in [0, 0.1) is 0 Å². The fraction of sp³-hybridized carbons (Fsp3) is 0.364. The summed E-state index contributed by atoms with van der Waals surface area (Å²) in [6.45, 7) is 1.74. The van der Waals surface area contributed by atoms with E-state index in [1.54, 1.807) is 11.0 Å².